The van der Waals surface area contributed by atoms with Crippen LogP contribution in [0, 0.1) is 5.21 Å². The summed E-state index contributed by atoms with van der Waals surface area (Å²) in [6.45, 7) is 1.65. The van der Waals surface area contributed by atoms with Crippen LogP contribution in [0.25, 0.3) is 11.2 Å². The van der Waals surface area contributed by atoms with E-state index in [1.54, 1.807) is 0 Å². The second-order valence-electron chi connectivity index (χ2n) is 4.55. The molecule has 0 saturated carbocycles. The fourth-order valence-electron chi connectivity index (χ4n) is 2.52. The van der Waals surface area contributed by atoms with Crippen molar-refractivity contribution in [1.29, 1.82) is 0 Å². The predicted octanol–water partition coefficient (Wildman–Crippen LogP) is -0.0999. The number of aryl methyl sites for hydroxylation is 1. The summed E-state index contributed by atoms with van der Waals surface area (Å²) in [4.78, 5) is 21.3. The van der Waals surface area contributed by atoms with E-state index in [0.29, 0.717) is 16.2 Å². The maximum Gasteiger partial charge on any atom is 0.420 e. The predicted molar refractivity (Wildman–Crippen MR) is 65.9 cm³/mol. The first-order valence-electron chi connectivity index (χ1n) is 6.02. The molecule has 1 aliphatic rings. The number of rotatable bonds is 2. The van der Waals surface area contributed by atoms with Crippen LogP contribution in [0.15, 0.2) is 6.33 Å². The van der Waals surface area contributed by atoms with Crippen LogP contribution in [0.5, 0.6) is 0 Å². The van der Waals surface area contributed by atoms with Gasteiger partial charge in [0.2, 0.25) is 5.52 Å². The molecule has 0 spiro atoms. The summed E-state index contributed by atoms with van der Waals surface area (Å²) in [5.41, 5.74) is 0.564. The SMILES string of the molecule is Cn1c(C(=O)O)[n+]([O-])c2c(N3CCCC3)ncnc21. The highest BCUT2D eigenvalue weighted by molar-refractivity contribution is 5.88. The number of imidazole rings is 1. The Balaban J connectivity index is 2.30. The zero-order valence-corrected chi connectivity index (χ0v) is 10.4. The van der Waals surface area contributed by atoms with Gasteiger partial charge in [-0.25, -0.2) is 19.1 Å². The van der Waals surface area contributed by atoms with Gasteiger partial charge >= 0.3 is 11.8 Å². The van der Waals surface area contributed by atoms with Crippen molar-refractivity contribution in [1.82, 2.24) is 14.5 Å². The van der Waals surface area contributed by atoms with Crippen molar-refractivity contribution in [3.05, 3.63) is 17.4 Å². The number of anilines is 1. The lowest BCUT2D eigenvalue weighted by Gasteiger charge is -2.15. The maximum absolute atomic E-state index is 12.2. The second kappa shape index (κ2) is 4.08. The van der Waals surface area contributed by atoms with Crippen molar-refractivity contribution in [2.24, 2.45) is 7.05 Å². The Bertz CT molecular complexity index is 660. The van der Waals surface area contributed by atoms with E-state index in [9.17, 15) is 10.0 Å². The minimum atomic E-state index is -1.28. The molecule has 8 heteroatoms. The second-order valence-corrected chi connectivity index (χ2v) is 4.55. The highest BCUT2D eigenvalue weighted by Gasteiger charge is 2.30. The van der Waals surface area contributed by atoms with Crippen molar-refractivity contribution in [2.45, 2.75) is 12.8 Å². The quantitative estimate of drug-likeness (QED) is 0.600. The number of aromatic carboxylic acids is 1. The van der Waals surface area contributed by atoms with Crippen molar-refractivity contribution in [3.8, 4) is 0 Å². The lowest BCUT2D eigenvalue weighted by Crippen LogP contribution is -2.35. The third kappa shape index (κ3) is 1.60. The van der Waals surface area contributed by atoms with Gasteiger partial charge in [0, 0.05) is 13.1 Å². The van der Waals surface area contributed by atoms with Gasteiger partial charge in [0.05, 0.1) is 7.05 Å². The molecule has 8 nitrogen and oxygen atoms in total. The van der Waals surface area contributed by atoms with Crippen LogP contribution in [0.1, 0.15) is 23.5 Å². The first-order chi connectivity index (χ1) is 9.11. The highest BCUT2D eigenvalue weighted by atomic mass is 16.5. The molecule has 19 heavy (non-hydrogen) atoms. The van der Waals surface area contributed by atoms with Crippen molar-refractivity contribution >= 4 is 23.0 Å². The third-order valence-corrected chi connectivity index (χ3v) is 3.41. The smallest absolute Gasteiger partial charge is 0.420 e. The molecule has 3 rings (SSSR count). The number of nitrogens with zero attached hydrogens (tertiary/aromatic N) is 5. The molecule has 0 unspecified atom stereocenters. The molecule has 0 radical (unpaired) electrons. The summed E-state index contributed by atoms with van der Waals surface area (Å²) in [5.74, 6) is -1.11. The molecule has 0 aromatic carbocycles. The van der Waals surface area contributed by atoms with Gasteiger partial charge in [0.15, 0.2) is 5.82 Å². The van der Waals surface area contributed by atoms with Crippen LogP contribution in [0.2, 0.25) is 0 Å². The van der Waals surface area contributed by atoms with Gasteiger partial charge in [-0.2, -0.15) is 4.98 Å². The Morgan fingerprint density at radius 3 is 2.74 bits per heavy atom. The zero-order valence-electron chi connectivity index (χ0n) is 10.4. The fourth-order valence-corrected chi connectivity index (χ4v) is 2.52. The average Bonchev–Trinajstić information content (AvgIpc) is 2.98. The Morgan fingerprint density at radius 2 is 2.11 bits per heavy atom. The Morgan fingerprint density at radius 1 is 1.42 bits per heavy atom. The van der Waals surface area contributed by atoms with Gasteiger partial charge in [0.1, 0.15) is 6.33 Å². The lowest BCUT2D eigenvalue weighted by molar-refractivity contribution is -0.581. The van der Waals surface area contributed by atoms with Gasteiger partial charge < -0.3 is 15.2 Å². The molecule has 1 saturated heterocycles. The summed E-state index contributed by atoms with van der Waals surface area (Å²) in [5, 5.41) is 21.3. The van der Waals surface area contributed by atoms with Crippen LogP contribution in [0.3, 0.4) is 0 Å². The van der Waals surface area contributed by atoms with E-state index in [1.807, 2.05) is 4.90 Å². The van der Waals surface area contributed by atoms with Crippen LogP contribution in [-0.2, 0) is 7.05 Å². The van der Waals surface area contributed by atoms with E-state index >= 15 is 0 Å². The summed E-state index contributed by atoms with van der Waals surface area (Å²) in [7, 11) is 1.51. The van der Waals surface area contributed by atoms with E-state index in [2.05, 4.69) is 9.97 Å². The fraction of sp³-hybridized carbons (Fsp3) is 0.455. The number of hydrogen-bond donors (Lipinski definition) is 1. The number of carboxylic acid groups (broad SMARTS) is 1. The van der Waals surface area contributed by atoms with E-state index in [4.69, 9.17) is 5.11 Å². The molecular weight excluding hydrogens is 250 g/mol. The lowest BCUT2D eigenvalue weighted by atomic mass is 10.4. The first kappa shape index (κ1) is 11.7. The molecule has 0 atom stereocenters. The Kier molecular flexibility index (Phi) is 2.51. The summed E-state index contributed by atoms with van der Waals surface area (Å²) in [6.07, 6.45) is 3.45. The van der Waals surface area contributed by atoms with E-state index < -0.39 is 5.97 Å². The number of hydrogen-bond acceptors (Lipinski definition) is 5. The minimum Gasteiger partial charge on any atom is -0.710 e. The number of carboxylic acids is 1. The monoisotopic (exact) mass is 263 g/mol. The van der Waals surface area contributed by atoms with Crippen molar-refractivity contribution in [3.63, 3.8) is 0 Å². The standard InChI is InChI=1S/C11H13N5O3/c1-14-8-7(16(19)10(14)11(17)18)9(13-6-12-8)15-4-2-3-5-15/h6H,2-5H2,1H3,(H,17,18). The van der Waals surface area contributed by atoms with E-state index in [-0.39, 0.29) is 11.3 Å². The number of fused-ring (bicyclic) bond motifs is 1. The normalized spacial score (nSPS) is 15.3. The summed E-state index contributed by atoms with van der Waals surface area (Å²) < 4.78 is 1.69. The molecule has 0 aliphatic carbocycles. The average molecular weight is 263 g/mol. The van der Waals surface area contributed by atoms with Gasteiger partial charge in [-0.3, -0.25) is 0 Å². The number of aromatic nitrogens is 4. The number of carbonyl (C=O) groups is 1. The summed E-state index contributed by atoms with van der Waals surface area (Å²) >= 11 is 0. The first-order valence-corrected chi connectivity index (χ1v) is 6.02. The van der Waals surface area contributed by atoms with Crippen molar-refractivity contribution < 1.29 is 14.6 Å². The van der Waals surface area contributed by atoms with Crippen LogP contribution >= 0.6 is 0 Å². The van der Waals surface area contributed by atoms with Gasteiger partial charge in [-0.05, 0) is 12.8 Å². The van der Waals surface area contributed by atoms with Crippen LogP contribution in [-0.4, -0.2) is 38.7 Å². The van der Waals surface area contributed by atoms with Gasteiger partial charge in [-0.15, -0.1) is 0 Å². The Hall–Kier alpha value is -2.38. The zero-order chi connectivity index (χ0) is 13.6. The molecular formula is C11H13N5O3. The third-order valence-electron chi connectivity index (χ3n) is 3.41. The minimum absolute atomic E-state index is 0.226. The molecule has 1 N–H and O–H groups in total. The van der Waals surface area contributed by atoms with Crippen LogP contribution in [0.4, 0.5) is 5.82 Å². The molecule has 2 aromatic rings. The van der Waals surface area contributed by atoms with Crippen molar-refractivity contribution in [2.75, 3.05) is 18.0 Å². The molecule has 3 heterocycles. The molecule has 100 valence electrons. The maximum atomic E-state index is 12.2. The molecule has 1 aliphatic heterocycles. The molecule has 0 amide bonds. The summed E-state index contributed by atoms with van der Waals surface area (Å²) in [6, 6.07) is 0. The van der Waals surface area contributed by atoms with E-state index in [0.717, 1.165) is 25.9 Å². The topological polar surface area (TPSA) is 98.2 Å². The van der Waals surface area contributed by atoms with E-state index in [1.165, 1.54) is 17.9 Å². The molecule has 0 bridgehead atoms. The molecule has 2 aromatic heterocycles. The van der Waals surface area contributed by atoms with Gasteiger partial charge in [0.25, 0.3) is 5.65 Å². The largest absolute Gasteiger partial charge is 0.710 e. The van der Waals surface area contributed by atoms with Gasteiger partial charge in [-0.1, -0.05) is 0 Å². The highest BCUT2D eigenvalue weighted by Crippen LogP contribution is 2.24. The van der Waals surface area contributed by atoms with Crippen LogP contribution < -0.4 is 9.63 Å². The Labute approximate surface area is 108 Å². The molecule has 1 fully saturated rings.